The summed E-state index contributed by atoms with van der Waals surface area (Å²) in [6.45, 7) is 2.09. The van der Waals surface area contributed by atoms with E-state index in [4.69, 9.17) is 0 Å². The molecule has 1 aromatic carbocycles. The Bertz CT molecular complexity index is 580. The maximum atomic E-state index is 12.9. The summed E-state index contributed by atoms with van der Waals surface area (Å²) >= 11 is 0. The maximum absolute atomic E-state index is 12.9. The van der Waals surface area contributed by atoms with E-state index in [-0.39, 0.29) is 6.04 Å². The molecule has 96 valence electrons. The van der Waals surface area contributed by atoms with Crippen LogP contribution in [-0.2, 0) is 0 Å². The van der Waals surface area contributed by atoms with Gasteiger partial charge >= 0.3 is 0 Å². The van der Waals surface area contributed by atoms with Crippen LogP contribution in [0.4, 0.5) is 15.8 Å². The zero-order chi connectivity index (χ0) is 13.2. The molecule has 1 aromatic heterocycles. The monoisotopic (exact) mass is 255 g/mol. The number of rotatable bonds is 2. The lowest BCUT2D eigenvalue weighted by Crippen LogP contribution is -2.40. The van der Waals surface area contributed by atoms with Gasteiger partial charge in [0.25, 0.3) is 0 Å². The maximum Gasteiger partial charge on any atom is 0.212 e. The van der Waals surface area contributed by atoms with Crippen molar-refractivity contribution in [2.75, 3.05) is 10.0 Å². The Morgan fingerprint density at radius 3 is 2.53 bits per heavy atom. The van der Waals surface area contributed by atoms with E-state index in [2.05, 4.69) is 23.0 Å². The molecule has 0 fully saturated rings. The van der Waals surface area contributed by atoms with Crippen molar-refractivity contribution in [3.05, 3.63) is 66.9 Å². The van der Waals surface area contributed by atoms with Crippen LogP contribution in [0.1, 0.15) is 6.92 Å². The van der Waals surface area contributed by atoms with Crippen molar-refractivity contribution in [1.82, 2.24) is 4.98 Å². The average molecular weight is 255 g/mol. The zero-order valence-corrected chi connectivity index (χ0v) is 10.6. The zero-order valence-electron chi connectivity index (χ0n) is 10.6. The molecular weight excluding hydrogens is 241 g/mol. The second-order valence-electron chi connectivity index (χ2n) is 4.45. The Morgan fingerprint density at radius 1 is 1.05 bits per heavy atom. The molecule has 3 nitrogen and oxygen atoms in total. The van der Waals surface area contributed by atoms with E-state index in [0.29, 0.717) is 0 Å². The summed E-state index contributed by atoms with van der Waals surface area (Å²) < 4.78 is 12.9. The van der Waals surface area contributed by atoms with Crippen molar-refractivity contribution >= 4 is 11.4 Å². The van der Waals surface area contributed by atoms with Gasteiger partial charge in [-0.15, -0.1) is 0 Å². The third-order valence-corrected chi connectivity index (χ3v) is 3.12. The van der Waals surface area contributed by atoms with E-state index >= 15 is 0 Å². The van der Waals surface area contributed by atoms with E-state index in [0.717, 1.165) is 11.4 Å². The van der Waals surface area contributed by atoms with Crippen LogP contribution in [0.15, 0.2) is 60.9 Å². The number of hydrogen-bond donors (Lipinski definition) is 0. The molecule has 0 amide bonds. The highest BCUT2D eigenvalue weighted by Crippen LogP contribution is 2.28. The number of para-hydroxylation sites is 1. The molecule has 1 atom stereocenters. The summed E-state index contributed by atoms with van der Waals surface area (Å²) in [5.41, 5.74) is 1.93. The Kier molecular flexibility index (Phi) is 2.91. The molecular formula is C15H14FN3. The van der Waals surface area contributed by atoms with Gasteiger partial charge in [-0.1, -0.05) is 18.2 Å². The summed E-state index contributed by atoms with van der Waals surface area (Å²) in [6, 6.07) is 13.4. The van der Waals surface area contributed by atoms with Crippen LogP contribution in [-0.4, -0.2) is 11.0 Å². The van der Waals surface area contributed by atoms with Crippen LogP contribution in [0.3, 0.4) is 0 Å². The van der Waals surface area contributed by atoms with Crippen LogP contribution in [0.2, 0.25) is 0 Å². The molecule has 1 aliphatic rings. The normalized spacial score (nSPS) is 18.1. The minimum atomic E-state index is -0.463. The van der Waals surface area contributed by atoms with Crippen LogP contribution >= 0.6 is 0 Å². The lowest BCUT2D eigenvalue weighted by molar-refractivity contribution is 0.583. The molecule has 0 N–H and O–H groups in total. The van der Waals surface area contributed by atoms with Gasteiger partial charge in [0.15, 0.2) is 0 Å². The van der Waals surface area contributed by atoms with Crippen molar-refractivity contribution in [2.24, 2.45) is 0 Å². The summed E-state index contributed by atoms with van der Waals surface area (Å²) in [4.78, 5) is 3.72. The van der Waals surface area contributed by atoms with Gasteiger partial charge in [0, 0.05) is 6.20 Å². The summed E-state index contributed by atoms with van der Waals surface area (Å²) in [5, 5.41) is 4.11. The molecule has 0 saturated heterocycles. The Labute approximate surface area is 111 Å². The van der Waals surface area contributed by atoms with Crippen LogP contribution in [0.5, 0.6) is 0 Å². The molecule has 19 heavy (non-hydrogen) atoms. The first kappa shape index (κ1) is 11.7. The van der Waals surface area contributed by atoms with Crippen LogP contribution in [0, 0.1) is 5.95 Å². The largest absolute Gasteiger partial charge is 0.273 e. The molecule has 1 unspecified atom stereocenters. The number of halogens is 1. The predicted octanol–water partition coefficient (Wildman–Crippen LogP) is 3.36. The van der Waals surface area contributed by atoms with Crippen LogP contribution < -0.4 is 10.0 Å². The lowest BCUT2D eigenvalue weighted by Gasteiger charge is -2.34. The fourth-order valence-electron chi connectivity index (χ4n) is 2.21. The summed E-state index contributed by atoms with van der Waals surface area (Å²) in [6.07, 6.45) is 5.66. The fraction of sp³-hybridized carbons (Fsp3) is 0.133. The van der Waals surface area contributed by atoms with E-state index in [9.17, 15) is 4.39 Å². The van der Waals surface area contributed by atoms with Gasteiger partial charge < -0.3 is 0 Å². The van der Waals surface area contributed by atoms with Gasteiger partial charge in [0.05, 0.1) is 23.6 Å². The highest BCUT2D eigenvalue weighted by atomic mass is 19.1. The number of pyridine rings is 1. The predicted molar refractivity (Wildman–Crippen MR) is 74.2 cm³/mol. The number of nitrogens with zero attached hydrogens (tertiary/aromatic N) is 3. The Balaban J connectivity index is 1.96. The van der Waals surface area contributed by atoms with E-state index in [1.807, 2.05) is 41.5 Å². The van der Waals surface area contributed by atoms with Gasteiger partial charge in [-0.2, -0.15) is 4.39 Å². The van der Waals surface area contributed by atoms with Gasteiger partial charge in [0.1, 0.15) is 0 Å². The minimum absolute atomic E-state index is 0.201. The first-order chi connectivity index (χ1) is 9.25. The molecule has 2 heterocycles. The van der Waals surface area contributed by atoms with Gasteiger partial charge in [-0.25, -0.2) is 4.98 Å². The van der Waals surface area contributed by atoms with E-state index in [1.54, 1.807) is 12.3 Å². The fourth-order valence-corrected chi connectivity index (χ4v) is 2.21. The molecule has 1 aliphatic heterocycles. The number of benzene rings is 1. The van der Waals surface area contributed by atoms with E-state index in [1.165, 1.54) is 6.07 Å². The Morgan fingerprint density at radius 2 is 1.84 bits per heavy atom. The molecule has 0 aliphatic carbocycles. The molecule has 4 heteroatoms. The standard InChI is InChI=1S/C15H14FN3/c1-12-9-10-18(13-5-3-2-4-6-13)19(12)14-7-8-15(16)17-11-14/h2-12H,1H3. The number of hydrogen-bond acceptors (Lipinski definition) is 3. The third kappa shape index (κ3) is 2.17. The highest BCUT2D eigenvalue weighted by Gasteiger charge is 2.24. The van der Waals surface area contributed by atoms with Crippen molar-refractivity contribution in [3.8, 4) is 0 Å². The van der Waals surface area contributed by atoms with Gasteiger partial charge in [-0.3, -0.25) is 10.0 Å². The molecule has 0 radical (unpaired) electrons. The SMILES string of the molecule is CC1C=CN(c2ccccc2)N1c1ccc(F)nc1. The lowest BCUT2D eigenvalue weighted by atomic mass is 10.3. The van der Waals surface area contributed by atoms with E-state index < -0.39 is 5.95 Å². The minimum Gasteiger partial charge on any atom is -0.273 e. The molecule has 0 bridgehead atoms. The van der Waals surface area contributed by atoms with Crippen LogP contribution in [0.25, 0.3) is 0 Å². The second kappa shape index (κ2) is 4.72. The molecule has 3 rings (SSSR count). The number of anilines is 2. The number of aromatic nitrogens is 1. The number of hydrazine groups is 1. The molecule has 2 aromatic rings. The van der Waals surface area contributed by atoms with Crippen molar-refractivity contribution in [2.45, 2.75) is 13.0 Å². The third-order valence-electron chi connectivity index (χ3n) is 3.12. The average Bonchev–Trinajstić information content (AvgIpc) is 2.83. The second-order valence-corrected chi connectivity index (χ2v) is 4.45. The molecule has 0 spiro atoms. The van der Waals surface area contributed by atoms with Crippen molar-refractivity contribution in [1.29, 1.82) is 0 Å². The van der Waals surface area contributed by atoms with Crippen molar-refractivity contribution in [3.63, 3.8) is 0 Å². The Hall–Kier alpha value is -2.36. The summed E-state index contributed by atoms with van der Waals surface area (Å²) in [7, 11) is 0. The van der Waals surface area contributed by atoms with Gasteiger partial charge in [-0.05, 0) is 37.3 Å². The first-order valence-corrected chi connectivity index (χ1v) is 6.19. The van der Waals surface area contributed by atoms with Gasteiger partial charge in [0.2, 0.25) is 5.95 Å². The smallest absolute Gasteiger partial charge is 0.212 e. The quantitative estimate of drug-likeness (QED) is 0.767. The highest BCUT2D eigenvalue weighted by molar-refractivity contribution is 5.62. The first-order valence-electron chi connectivity index (χ1n) is 6.19. The van der Waals surface area contributed by atoms with Crippen molar-refractivity contribution < 1.29 is 4.39 Å². The molecule has 0 saturated carbocycles. The summed E-state index contributed by atoms with van der Waals surface area (Å²) in [5.74, 6) is -0.463. The topological polar surface area (TPSA) is 19.4 Å².